The second kappa shape index (κ2) is 5.30. The topological polar surface area (TPSA) is 67.2 Å². The first kappa shape index (κ1) is 12.8. The van der Waals surface area contributed by atoms with E-state index >= 15 is 0 Å². The van der Waals surface area contributed by atoms with E-state index in [-0.39, 0.29) is 17.3 Å². The minimum atomic E-state index is -0.934. The average molecular weight is 255 g/mol. The molecule has 18 heavy (non-hydrogen) atoms. The summed E-state index contributed by atoms with van der Waals surface area (Å²) < 4.78 is 26.9. The Morgan fingerprint density at radius 2 is 1.94 bits per heavy atom. The summed E-state index contributed by atoms with van der Waals surface area (Å²) in [7, 11) is 0. The molecule has 1 aliphatic heterocycles. The molecule has 0 aliphatic carbocycles. The van der Waals surface area contributed by atoms with Gasteiger partial charge in [-0.15, -0.1) is 0 Å². The van der Waals surface area contributed by atoms with E-state index in [4.69, 9.17) is 5.73 Å². The molecule has 1 aromatic carbocycles. The lowest BCUT2D eigenvalue weighted by Crippen LogP contribution is -2.35. The molecular formula is C12H15F2N3O. The lowest BCUT2D eigenvalue weighted by atomic mass is 10.1. The number of carbonyl (C=O) groups excluding carboxylic acids is 1. The number of halogens is 2. The van der Waals surface area contributed by atoms with Crippen molar-refractivity contribution in [3.05, 3.63) is 29.3 Å². The van der Waals surface area contributed by atoms with Crippen LogP contribution < -0.4 is 16.4 Å². The van der Waals surface area contributed by atoms with Crippen LogP contribution in [0.15, 0.2) is 12.1 Å². The minimum Gasteiger partial charge on any atom is -0.380 e. The van der Waals surface area contributed by atoms with Crippen LogP contribution in [0.5, 0.6) is 0 Å². The van der Waals surface area contributed by atoms with E-state index in [2.05, 4.69) is 10.6 Å². The van der Waals surface area contributed by atoms with E-state index in [1.54, 1.807) is 0 Å². The van der Waals surface area contributed by atoms with Crippen molar-refractivity contribution in [1.29, 1.82) is 0 Å². The number of hydrogen-bond donors (Lipinski definition) is 3. The predicted molar refractivity (Wildman–Crippen MR) is 64.4 cm³/mol. The molecule has 0 bridgehead atoms. The highest BCUT2D eigenvalue weighted by Crippen LogP contribution is 2.21. The van der Waals surface area contributed by atoms with Gasteiger partial charge in [0.25, 0.3) is 5.91 Å². The average Bonchev–Trinajstić information content (AvgIpc) is 2.33. The molecule has 0 aromatic heterocycles. The number of nitrogens with one attached hydrogen (secondary N) is 2. The Balaban J connectivity index is 2.21. The fourth-order valence-corrected chi connectivity index (χ4v) is 2.03. The third-order valence-electron chi connectivity index (χ3n) is 3.02. The maximum Gasteiger partial charge on any atom is 0.251 e. The number of hydrogen-bond acceptors (Lipinski definition) is 3. The summed E-state index contributed by atoms with van der Waals surface area (Å²) in [5.74, 6) is -2.55. The van der Waals surface area contributed by atoms with E-state index in [1.165, 1.54) is 0 Å². The third kappa shape index (κ3) is 2.76. The van der Waals surface area contributed by atoms with Crippen molar-refractivity contribution in [3.63, 3.8) is 0 Å². The first-order valence-electron chi connectivity index (χ1n) is 5.84. The van der Waals surface area contributed by atoms with Crippen LogP contribution in [0, 0.1) is 11.6 Å². The van der Waals surface area contributed by atoms with Crippen molar-refractivity contribution in [2.75, 3.05) is 18.4 Å². The summed E-state index contributed by atoms with van der Waals surface area (Å²) >= 11 is 0. The normalized spacial score (nSPS) is 16.6. The van der Waals surface area contributed by atoms with Crippen molar-refractivity contribution in [3.8, 4) is 0 Å². The van der Waals surface area contributed by atoms with Gasteiger partial charge in [-0.25, -0.2) is 8.78 Å². The fraction of sp³-hybridized carbons (Fsp3) is 0.417. The Labute approximate surface area is 104 Å². The highest BCUT2D eigenvalue weighted by Gasteiger charge is 2.18. The van der Waals surface area contributed by atoms with Crippen LogP contribution in [-0.4, -0.2) is 25.0 Å². The van der Waals surface area contributed by atoms with Crippen LogP contribution in [0.2, 0.25) is 0 Å². The van der Waals surface area contributed by atoms with Gasteiger partial charge in [0.2, 0.25) is 0 Å². The van der Waals surface area contributed by atoms with Crippen molar-refractivity contribution in [1.82, 2.24) is 5.32 Å². The molecule has 0 radical (unpaired) electrons. The first-order valence-corrected chi connectivity index (χ1v) is 5.84. The van der Waals surface area contributed by atoms with Crippen molar-refractivity contribution in [2.45, 2.75) is 18.9 Å². The Morgan fingerprint density at radius 1 is 1.28 bits per heavy atom. The second-order valence-corrected chi connectivity index (χ2v) is 4.34. The van der Waals surface area contributed by atoms with Crippen LogP contribution in [0.4, 0.5) is 14.5 Å². The number of amides is 1. The van der Waals surface area contributed by atoms with Gasteiger partial charge in [0.15, 0.2) is 0 Å². The van der Waals surface area contributed by atoms with Gasteiger partial charge in [0.1, 0.15) is 11.6 Å². The highest BCUT2D eigenvalue weighted by atomic mass is 19.1. The zero-order valence-corrected chi connectivity index (χ0v) is 9.80. The molecular weight excluding hydrogens is 240 g/mol. The maximum absolute atomic E-state index is 13.6. The summed E-state index contributed by atoms with van der Waals surface area (Å²) in [6.45, 7) is 1.70. The van der Waals surface area contributed by atoms with Gasteiger partial charge in [-0.1, -0.05) is 0 Å². The summed E-state index contributed by atoms with van der Waals surface area (Å²) in [6.07, 6.45) is 1.70. The largest absolute Gasteiger partial charge is 0.380 e. The molecule has 2 rings (SSSR count). The molecule has 0 atom stereocenters. The molecule has 1 amide bonds. The lowest BCUT2D eigenvalue weighted by molar-refractivity contribution is 0.0996. The minimum absolute atomic E-state index is 0.118. The van der Waals surface area contributed by atoms with Gasteiger partial charge >= 0.3 is 0 Å². The lowest BCUT2D eigenvalue weighted by Gasteiger charge is -2.25. The van der Waals surface area contributed by atoms with Crippen LogP contribution in [0.25, 0.3) is 0 Å². The van der Waals surface area contributed by atoms with Gasteiger partial charge in [-0.2, -0.15) is 0 Å². The molecule has 0 saturated carbocycles. The third-order valence-corrected chi connectivity index (χ3v) is 3.02. The number of piperidine rings is 1. The Kier molecular flexibility index (Phi) is 3.76. The number of benzene rings is 1. The van der Waals surface area contributed by atoms with E-state index < -0.39 is 17.5 Å². The molecule has 98 valence electrons. The Morgan fingerprint density at radius 3 is 2.56 bits per heavy atom. The zero-order chi connectivity index (χ0) is 13.1. The Hall–Kier alpha value is -1.69. The predicted octanol–water partition coefficient (Wildman–Crippen LogP) is 1.23. The molecule has 6 heteroatoms. The van der Waals surface area contributed by atoms with Gasteiger partial charge in [-0.05, 0) is 32.0 Å². The van der Waals surface area contributed by atoms with E-state index in [1.807, 2.05) is 0 Å². The molecule has 4 N–H and O–H groups in total. The number of carbonyl (C=O) groups is 1. The molecule has 1 saturated heterocycles. The van der Waals surface area contributed by atoms with Gasteiger partial charge < -0.3 is 16.4 Å². The van der Waals surface area contributed by atoms with Crippen molar-refractivity contribution >= 4 is 11.6 Å². The number of rotatable bonds is 3. The molecule has 0 spiro atoms. The first-order chi connectivity index (χ1) is 8.58. The van der Waals surface area contributed by atoms with Gasteiger partial charge in [-0.3, -0.25) is 4.79 Å². The van der Waals surface area contributed by atoms with Crippen LogP contribution in [0.3, 0.4) is 0 Å². The number of primary amides is 1. The second-order valence-electron chi connectivity index (χ2n) is 4.34. The van der Waals surface area contributed by atoms with Crippen LogP contribution in [0.1, 0.15) is 23.2 Å². The summed E-state index contributed by atoms with van der Waals surface area (Å²) in [5.41, 5.74) is 4.85. The van der Waals surface area contributed by atoms with Crippen LogP contribution in [-0.2, 0) is 0 Å². The fourth-order valence-electron chi connectivity index (χ4n) is 2.03. The highest BCUT2D eigenvalue weighted by molar-refractivity contribution is 5.94. The molecule has 0 unspecified atom stereocenters. The quantitative estimate of drug-likeness (QED) is 0.761. The summed E-state index contributed by atoms with van der Waals surface area (Å²) in [4.78, 5) is 11.0. The molecule has 1 fully saturated rings. The number of nitrogens with two attached hydrogens (primary N) is 1. The van der Waals surface area contributed by atoms with Crippen LogP contribution >= 0.6 is 0 Å². The maximum atomic E-state index is 13.6. The molecule has 1 heterocycles. The van der Waals surface area contributed by atoms with E-state index in [0.717, 1.165) is 32.0 Å². The molecule has 1 aliphatic rings. The Bertz CT molecular complexity index is 459. The number of anilines is 1. The smallest absolute Gasteiger partial charge is 0.251 e. The van der Waals surface area contributed by atoms with E-state index in [0.29, 0.717) is 6.07 Å². The van der Waals surface area contributed by atoms with Crippen molar-refractivity contribution < 1.29 is 13.6 Å². The summed E-state index contributed by atoms with van der Waals surface area (Å²) in [5, 5.41) is 6.17. The van der Waals surface area contributed by atoms with Gasteiger partial charge in [0, 0.05) is 12.1 Å². The van der Waals surface area contributed by atoms with Crippen molar-refractivity contribution in [2.24, 2.45) is 5.73 Å². The SMILES string of the molecule is NC(=O)c1cc(NC2CCNCC2)c(F)cc1F. The standard InChI is InChI=1S/C12H15F2N3O/c13-9-6-10(14)11(5-8(9)12(15)18)17-7-1-3-16-4-2-7/h5-7,16-17H,1-4H2,(H2,15,18). The molecule has 4 nitrogen and oxygen atoms in total. The zero-order valence-electron chi connectivity index (χ0n) is 9.80. The monoisotopic (exact) mass is 255 g/mol. The molecule has 1 aromatic rings. The van der Waals surface area contributed by atoms with Gasteiger partial charge in [0.05, 0.1) is 11.3 Å². The summed E-state index contributed by atoms with van der Waals surface area (Å²) in [6, 6.07) is 1.94. The van der Waals surface area contributed by atoms with E-state index in [9.17, 15) is 13.6 Å².